The summed E-state index contributed by atoms with van der Waals surface area (Å²) in [5, 5.41) is 19.4. The van der Waals surface area contributed by atoms with Crippen LogP contribution in [-0.4, -0.2) is 54.7 Å². The number of nitrogens with zero attached hydrogens (tertiary/aromatic N) is 3. The van der Waals surface area contributed by atoms with Gasteiger partial charge in [-0.3, -0.25) is 23.3 Å². The van der Waals surface area contributed by atoms with Gasteiger partial charge in [-0.15, -0.1) is 0 Å². The summed E-state index contributed by atoms with van der Waals surface area (Å²) >= 11 is 0. The van der Waals surface area contributed by atoms with Crippen LogP contribution in [-0.2, 0) is 31.2 Å². The second kappa shape index (κ2) is 16.9. The zero-order valence-corrected chi connectivity index (χ0v) is 20.6. The smallest absolute Gasteiger partial charge is 0.235 e. The van der Waals surface area contributed by atoms with E-state index >= 15 is 0 Å². The fourth-order valence-electron chi connectivity index (χ4n) is 3.08. The van der Waals surface area contributed by atoms with E-state index in [0.29, 0.717) is 48.8 Å². The molecule has 1 N–H and O–H groups in total. The van der Waals surface area contributed by atoms with Gasteiger partial charge in [-0.05, 0) is 44.4 Å². The summed E-state index contributed by atoms with van der Waals surface area (Å²) in [5.74, 6) is 1.73. The molecule has 0 aromatic rings. The molecule has 0 aromatic carbocycles. The van der Waals surface area contributed by atoms with Crippen molar-refractivity contribution in [1.29, 1.82) is 10.5 Å². The first-order valence-electron chi connectivity index (χ1n) is 10.7. The van der Waals surface area contributed by atoms with Crippen LogP contribution in [0.3, 0.4) is 0 Å². The molecule has 0 saturated heterocycles. The largest absolute Gasteiger partial charge is 0.274 e. The number of carbonyl (C=O) groups excluding carboxylic acids is 2. The van der Waals surface area contributed by atoms with Crippen LogP contribution in [0.25, 0.3) is 0 Å². The quantitative estimate of drug-likeness (QED) is 0.197. The Balaban J connectivity index is 3.82. The third-order valence-corrected chi connectivity index (χ3v) is 7.78. The number of carbonyl (C=O) groups is 2. The van der Waals surface area contributed by atoms with Crippen LogP contribution >= 0.6 is 0 Å². The van der Waals surface area contributed by atoms with E-state index in [0.717, 1.165) is 30.6 Å². The van der Waals surface area contributed by atoms with E-state index < -0.39 is 21.6 Å². The number of amides is 2. The zero-order valence-electron chi connectivity index (χ0n) is 19.0. The van der Waals surface area contributed by atoms with Crippen LogP contribution in [0.2, 0.25) is 0 Å². The lowest BCUT2D eigenvalue weighted by Crippen LogP contribution is -2.25. The molecule has 0 fully saturated rings. The fourth-order valence-corrected chi connectivity index (χ4v) is 5.60. The molecule has 0 spiro atoms. The Kier molecular flexibility index (Phi) is 15.9. The zero-order chi connectivity index (χ0) is 23.7. The summed E-state index contributed by atoms with van der Waals surface area (Å²) in [6.07, 6.45) is 8.49. The molecule has 0 saturated carbocycles. The molecular formula is C21H36N4O4S2. The van der Waals surface area contributed by atoms with Gasteiger partial charge in [0, 0.05) is 64.0 Å². The first-order chi connectivity index (χ1) is 14.6. The van der Waals surface area contributed by atoms with Gasteiger partial charge in [0.15, 0.2) is 12.4 Å². The minimum absolute atomic E-state index is 0.164. The first kappa shape index (κ1) is 29.2. The van der Waals surface area contributed by atoms with Crippen molar-refractivity contribution in [2.24, 2.45) is 5.41 Å². The third kappa shape index (κ3) is 15.6. The second-order valence-corrected chi connectivity index (χ2v) is 11.6. The molecule has 0 rings (SSSR count). The van der Waals surface area contributed by atoms with E-state index in [1.54, 1.807) is 13.1 Å². The lowest BCUT2D eigenvalue weighted by Gasteiger charge is -2.22. The average molecular weight is 473 g/mol. The van der Waals surface area contributed by atoms with E-state index in [2.05, 4.69) is 5.32 Å². The number of hydrogen-bond acceptors (Lipinski definition) is 6. The molecule has 0 aliphatic carbocycles. The topological polar surface area (TPSA) is 131 Å². The molecule has 2 atom stereocenters. The molecule has 0 radical (unpaired) electrons. The predicted molar refractivity (Wildman–Crippen MR) is 123 cm³/mol. The van der Waals surface area contributed by atoms with Crippen LogP contribution < -0.4 is 5.32 Å². The maximum absolute atomic E-state index is 12.1. The highest BCUT2D eigenvalue weighted by Crippen LogP contribution is 2.26. The summed E-state index contributed by atoms with van der Waals surface area (Å²) in [6.45, 7) is 6.05. The Morgan fingerprint density at radius 2 is 1.52 bits per heavy atom. The van der Waals surface area contributed by atoms with E-state index in [4.69, 9.17) is 10.5 Å². The maximum atomic E-state index is 12.1. The summed E-state index contributed by atoms with van der Waals surface area (Å²) in [4.78, 5) is 24.3. The highest BCUT2D eigenvalue weighted by atomic mass is 32.2. The standard InChI is InChI=1S/C21H36N4O4S2/c1-4-25(18-23)20(27)10-6-5-7-12-30(28)14-9-15-31(29)13-8-11-21(2,3)16-19(26)24-17-22/h4-16H2,1-3H3,(H,24,26). The van der Waals surface area contributed by atoms with Crippen molar-refractivity contribution in [2.45, 2.75) is 72.1 Å². The monoisotopic (exact) mass is 472 g/mol. The van der Waals surface area contributed by atoms with Gasteiger partial charge >= 0.3 is 0 Å². The Labute approximate surface area is 191 Å². The third-order valence-electron chi connectivity index (χ3n) is 4.80. The Morgan fingerprint density at radius 3 is 2.06 bits per heavy atom. The van der Waals surface area contributed by atoms with Gasteiger partial charge in [0.25, 0.3) is 0 Å². The average Bonchev–Trinajstić information content (AvgIpc) is 2.68. The van der Waals surface area contributed by atoms with Crippen molar-refractivity contribution >= 4 is 33.4 Å². The van der Waals surface area contributed by atoms with Crippen molar-refractivity contribution < 1.29 is 18.0 Å². The predicted octanol–water partition coefficient (Wildman–Crippen LogP) is 2.56. The van der Waals surface area contributed by atoms with Gasteiger partial charge in [-0.1, -0.05) is 20.3 Å². The number of hydrogen-bond donors (Lipinski definition) is 1. The van der Waals surface area contributed by atoms with Crippen LogP contribution in [0, 0.1) is 28.3 Å². The minimum atomic E-state index is -0.964. The van der Waals surface area contributed by atoms with Gasteiger partial charge in [-0.2, -0.15) is 10.5 Å². The Bertz CT molecular complexity index is 698. The molecule has 0 aliphatic heterocycles. The molecule has 0 heterocycles. The summed E-state index contributed by atoms with van der Waals surface area (Å²) in [5.41, 5.74) is -0.249. The van der Waals surface area contributed by atoms with Gasteiger partial charge in [-0.25, -0.2) is 4.90 Å². The molecular weight excluding hydrogens is 436 g/mol. The number of unbranched alkanes of at least 4 members (excludes halogenated alkanes) is 2. The summed E-state index contributed by atoms with van der Waals surface area (Å²) < 4.78 is 24.2. The molecule has 8 nitrogen and oxygen atoms in total. The summed E-state index contributed by atoms with van der Waals surface area (Å²) in [7, 11) is -1.91. The molecule has 0 aliphatic rings. The second-order valence-electron chi connectivity index (χ2n) is 8.20. The van der Waals surface area contributed by atoms with Crippen molar-refractivity contribution in [3.63, 3.8) is 0 Å². The molecule has 176 valence electrons. The lowest BCUT2D eigenvalue weighted by molar-refractivity contribution is -0.128. The van der Waals surface area contributed by atoms with E-state index in [1.807, 2.05) is 20.0 Å². The van der Waals surface area contributed by atoms with E-state index in [9.17, 15) is 18.0 Å². The lowest BCUT2D eigenvalue weighted by atomic mass is 9.84. The van der Waals surface area contributed by atoms with E-state index in [-0.39, 0.29) is 23.7 Å². The maximum Gasteiger partial charge on any atom is 0.235 e. The van der Waals surface area contributed by atoms with Crippen LogP contribution in [0.1, 0.15) is 72.1 Å². The van der Waals surface area contributed by atoms with Gasteiger partial charge < -0.3 is 0 Å². The highest BCUT2D eigenvalue weighted by Gasteiger charge is 2.21. The Hall–Kier alpha value is -1.78. The minimum Gasteiger partial charge on any atom is -0.274 e. The molecule has 2 amide bonds. The number of nitrogens with one attached hydrogen (secondary N) is 1. The number of nitriles is 2. The van der Waals surface area contributed by atoms with Crippen LogP contribution in [0.4, 0.5) is 0 Å². The molecule has 0 bridgehead atoms. The van der Waals surface area contributed by atoms with Gasteiger partial charge in [0.1, 0.15) is 0 Å². The molecule has 2 unspecified atom stereocenters. The highest BCUT2D eigenvalue weighted by molar-refractivity contribution is 7.85. The summed E-state index contributed by atoms with van der Waals surface area (Å²) in [6, 6.07) is 0. The Morgan fingerprint density at radius 1 is 0.935 bits per heavy atom. The number of rotatable bonds is 17. The molecule has 31 heavy (non-hydrogen) atoms. The molecule has 10 heteroatoms. The van der Waals surface area contributed by atoms with Crippen molar-refractivity contribution in [1.82, 2.24) is 10.2 Å². The van der Waals surface area contributed by atoms with Gasteiger partial charge in [0.2, 0.25) is 11.8 Å². The fraction of sp³-hybridized carbons (Fsp3) is 0.810. The van der Waals surface area contributed by atoms with Crippen LogP contribution in [0.5, 0.6) is 0 Å². The van der Waals surface area contributed by atoms with Crippen molar-refractivity contribution in [3.05, 3.63) is 0 Å². The van der Waals surface area contributed by atoms with Crippen LogP contribution in [0.15, 0.2) is 0 Å². The first-order valence-corrected chi connectivity index (χ1v) is 13.7. The van der Waals surface area contributed by atoms with Crippen molar-refractivity contribution in [2.75, 3.05) is 29.6 Å². The molecule has 0 aromatic heterocycles. The SMILES string of the molecule is CCN(C#N)C(=O)CCCCCS(=O)CCCS(=O)CCCC(C)(C)CC(=O)NC#N. The normalized spacial score (nSPS) is 12.9. The van der Waals surface area contributed by atoms with E-state index in [1.165, 1.54) is 0 Å². The van der Waals surface area contributed by atoms with Crippen molar-refractivity contribution in [3.8, 4) is 12.4 Å². The van der Waals surface area contributed by atoms with Gasteiger partial charge in [0.05, 0.1) is 0 Å².